The summed E-state index contributed by atoms with van der Waals surface area (Å²) in [6, 6.07) is -0.224. The molecule has 24 heavy (non-hydrogen) atoms. The minimum Gasteiger partial charge on any atom is -0.503 e. The first kappa shape index (κ1) is 17.1. The third kappa shape index (κ3) is 2.84. The highest BCUT2D eigenvalue weighted by Crippen LogP contribution is 2.34. The van der Waals surface area contributed by atoms with Crippen molar-refractivity contribution in [2.24, 2.45) is 5.73 Å². The highest BCUT2D eigenvalue weighted by atomic mass is 16.5. The van der Waals surface area contributed by atoms with Gasteiger partial charge in [0.2, 0.25) is 5.91 Å². The second-order valence-electron chi connectivity index (χ2n) is 5.13. The maximum Gasteiger partial charge on any atom is 0.255 e. The van der Waals surface area contributed by atoms with E-state index in [1.807, 2.05) is 0 Å². The Morgan fingerprint density at radius 1 is 1.58 bits per heavy atom. The van der Waals surface area contributed by atoms with E-state index in [4.69, 9.17) is 16.9 Å². The number of rotatable bonds is 5. The van der Waals surface area contributed by atoms with Gasteiger partial charge in [0.05, 0.1) is 18.8 Å². The van der Waals surface area contributed by atoms with Gasteiger partial charge in [-0.3, -0.25) is 9.59 Å². The van der Waals surface area contributed by atoms with Crippen molar-refractivity contribution in [3.05, 3.63) is 35.9 Å². The van der Waals surface area contributed by atoms with E-state index in [-0.39, 0.29) is 23.2 Å². The molecular weight excluding hydrogens is 310 g/mol. The Hall–Kier alpha value is -3.21. The van der Waals surface area contributed by atoms with Gasteiger partial charge < -0.3 is 20.7 Å². The molecule has 0 aliphatic carbocycles. The van der Waals surface area contributed by atoms with Crippen LogP contribution in [0, 0.1) is 12.3 Å². The number of terminal acetylenes is 1. The summed E-state index contributed by atoms with van der Waals surface area (Å²) in [6.07, 6.45) is 8.64. The lowest BCUT2D eigenvalue weighted by Gasteiger charge is -2.16. The summed E-state index contributed by atoms with van der Waals surface area (Å²) >= 11 is 0. The van der Waals surface area contributed by atoms with Crippen LogP contribution >= 0.6 is 0 Å². The zero-order chi connectivity index (χ0) is 17.9. The van der Waals surface area contributed by atoms with Crippen molar-refractivity contribution in [3.8, 4) is 12.3 Å². The lowest BCUT2D eigenvalue weighted by atomic mass is 10.2. The van der Waals surface area contributed by atoms with E-state index in [0.717, 1.165) is 0 Å². The molecule has 1 saturated heterocycles. The number of allylic oxidation sites excluding steroid dienone is 1. The van der Waals surface area contributed by atoms with Gasteiger partial charge in [-0.05, 0) is 12.0 Å². The van der Waals surface area contributed by atoms with E-state index in [1.54, 1.807) is 16.6 Å². The van der Waals surface area contributed by atoms with Crippen LogP contribution in [0.4, 0.5) is 5.82 Å². The number of likely N-dealkylation sites (tertiary alicyclic amines) is 1. The molecule has 0 saturated carbocycles. The van der Waals surface area contributed by atoms with Crippen molar-refractivity contribution in [3.63, 3.8) is 0 Å². The van der Waals surface area contributed by atoms with Gasteiger partial charge in [0.15, 0.2) is 0 Å². The molecule has 8 heteroatoms. The number of ether oxygens (including phenoxy) is 1. The SMILES string of the molecule is C#Cc1nn([C@H]2C/C(=C\OC)N(C(=O)C=C)C2)c(NC)c1C(N)=O. The largest absolute Gasteiger partial charge is 0.503 e. The van der Waals surface area contributed by atoms with E-state index >= 15 is 0 Å². The van der Waals surface area contributed by atoms with E-state index in [1.165, 1.54) is 19.4 Å². The number of amides is 2. The van der Waals surface area contributed by atoms with E-state index in [0.29, 0.717) is 24.5 Å². The summed E-state index contributed by atoms with van der Waals surface area (Å²) in [4.78, 5) is 25.3. The number of hydrogen-bond donors (Lipinski definition) is 2. The zero-order valence-corrected chi connectivity index (χ0v) is 13.6. The van der Waals surface area contributed by atoms with Gasteiger partial charge in [-0.15, -0.1) is 6.42 Å². The van der Waals surface area contributed by atoms with E-state index < -0.39 is 5.91 Å². The Kier molecular flexibility index (Phi) is 4.94. The fourth-order valence-corrected chi connectivity index (χ4v) is 2.77. The molecule has 1 aromatic rings. The van der Waals surface area contributed by atoms with Gasteiger partial charge in [0, 0.05) is 20.0 Å². The second kappa shape index (κ2) is 6.91. The smallest absolute Gasteiger partial charge is 0.255 e. The molecule has 1 aromatic heterocycles. The average Bonchev–Trinajstić information content (AvgIpc) is 3.15. The van der Waals surface area contributed by atoms with Crippen LogP contribution in [0.25, 0.3) is 0 Å². The van der Waals surface area contributed by atoms with E-state index in [2.05, 4.69) is 22.9 Å². The molecule has 0 radical (unpaired) electrons. The van der Waals surface area contributed by atoms with Gasteiger partial charge in [-0.1, -0.05) is 6.58 Å². The molecule has 3 N–H and O–H groups in total. The quantitative estimate of drug-likeness (QED) is 0.464. The summed E-state index contributed by atoms with van der Waals surface area (Å²) in [6.45, 7) is 3.85. The van der Waals surface area contributed by atoms with Crippen LogP contribution in [0.5, 0.6) is 0 Å². The molecule has 0 spiro atoms. The lowest BCUT2D eigenvalue weighted by molar-refractivity contribution is -0.123. The maximum atomic E-state index is 12.0. The molecule has 126 valence electrons. The van der Waals surface area contributed by atoms with Gasteiger partial charge in [0.1, 0.15) is 23.3 Å². The van der Waals surface area contributed by atoms with Crippen molar-refractivity contribution < 1.29 is 14.3 Å². The van der Waals surface area contributed by atoms with E-state index in [9.17, 15) is 9.59 Å². The fraction of sp³-hybridized carbons (Fsp3) is 0.312. The summed E-state index contributed by atoms with van der Waals surface area (Å²) in [5.74, 6) is 1.88. The predicted molar refractivity (Wildman–Crippen MR) is 88.9 cm³/mol. The maximum absolute atomic E-state index is 12.0. The molecule has 8 nitrogen and oxygen atoms in total. The Morgan fingerprint density at radius 2 is 2.29 bits per heavy atom. The molecule has 2 amide bonds. The lowest BCUT2D eigenvalue weighted by Crippen LogP contribution is -2.27. The fourth-order valence-electron chi connectivity index (χ4n) is 2.77. The van der Waals surface area contributed by atoms with Gasteiger partial charge in [-0.2, -0.15) is 5.10 Å². The Balaban J connectivity index is 2.48. The number of nitrogens with two attached hydrogens (primary N) is 1. The standard InChI is InChI=1S/C16H19N5O3/c1-5-12-14(15(17)23)16(18-3)21(19-12)10-7-11(9-24-4)20(8-10)13(22)6-2/h1,6,9-10,18H,2,7-8H2,3-4H3,(H2,17,23)/b11-9+/t10-/m0/s1. The predicted octanol–water partition coefficient (Wildman–Crippen LogP) is 0.452. The van der Waals surface area contributed by atoms with Crippen LogP contribution in [0.15, 0.2) is 24.6 Å². The van der Waals surface area contributed by atoms with Crippen molar-refractivity contribution in [1.82, 2.24) is 14.7 Å². The minimum absolute atomic E-state index is 0.158. The topological polar surface area (TPSA) is 102 Å². The highest BCUT2D eigenvalue weighted by Gasteiger charge is 2.34. The molecule has 0 aromatic carbocycles. The van der Waals surface area contributed by atoms with Crippen LogP contribution < -0.4 is 11.1 Å². The molecule has 0 bridgehead atoms. The Morgan fingerprint density at radius 3 is 2.79 bits per heavy atom. The Bertz CT molecular complexity index is 756. The minimum atomic E-state index is -0.664. The average molecular weight is 329 g/mol. The number of carbonyl (C=O) groups excluding carboxylic acids is 2. The van der Waals surface area contributed by atoms with Crippen molar-refractivity contribution >= 4 is 17.6 Å². The summed E-state index contributed by atoms with van der Waals surface area (Å²) in [5, 5.41) is 7.21. The number of primary amides is 1. The first-order valence-corrected chi connectivity index (χ1v) is 7.20. The third-order valence-electron chi connectivity index (χ3n) is 3.76. The normalized spacial score (nSPS) is 18.3. The van der Waals surface area contributed by atoms with Gasteiger partial charge >= 0.3 is 0 Å². The number of aromatic nitrogens is 2. The number of anilines is 1. The number of hydrogen-bond acceptors (Lipinski definition) is 5. The first-order chi connectivity index (χ1) is 11.5. The number of nitrogens with zero attached hydrogens (tertiary/aromatic N) is 3. The van der Waals surface area contributed by atoms with Crippen molar-refractivity contribution in [2.45, 2.75) is 12.5 Å². The van der Waals surface area contributed by atoms with Crippen LogP contribution in [0.3, 0.4) is 0 Å². The summed E-state index contributed by atoms with van der Waals surface area (Å²) in [5.41, 5.74) is 6.42. The van der Waals surface area contributed by atoms with Crippen molar-refractivity contribution in [2.75, 3.05) is 26.0 Å². The molecule has 0 unspecified atom stereocenters. The van der Waals surface area contributed by atoms with Crippen LogP contribution in [0.1, 0.15) is 28.5 Å². The molecule has 1 aliphatic heterocycles. The molecule has 1 atom stereocenters. The number of nitrogens with one attached hydrogen (secondary N) is 1. The number of carbonyl (C=O) groups is 2. The van der Waals surface area contributed by atoms with Gasteiger partial charge in [-0.25, -0.2) is 4.68 Å². The van der Waals surface area contributed by atoms with Crippen molar-refractivity contribution in [1.29, 1.82) is 0 Å². The molecule has 1 fully saturated rings. The third-order valence-corrected chi connectivity index (χ3v) is 3.76. The van der Waals surface area contributed by atoms with Crippen LogP contribution in [-0.4, -0.2) is 47.2 Å². The van der Waals surface area contributed by atoms with Crippen LogP contribution in [-0.2, 0) is 9.53 Å². The Labute approximate surface area is 139 Å². The number of methoxy groups -OCH3 is 1. The summed E-state index contributed by atoms with van der Waals surface area (Å²) < 4.78 is 6.63. The molecule has 1 aliphatic rings. The first-order valence-electron chi connectivity index (χ1n) is 7.20. The molecular formula is C16H19N5O3. The molecule has 2 rings (SSSR count). The second-order valence-corrected chi connectivity index (χ2v) is 5.13. The summed E-state index contributed by atoms with van der Waals surface area (Å²) in [7, 11) is 3.15. The monoisotopic (exact) mass is 329 g/mol. The van der Waals surface area contributed by atoms with Gasteiger partial charge in [0.25, 0.3) is 5.91 Å². The van der Waals surface area contributed by atoms with Crippen LogP contribution in [0.2, 0.25) is 0 Å². The highest BCUT2D eigenvalue weighted by molar-refractivity contribution is 6.00. The zero-order valence-electron chi connectivity index (χ0n) is 13.6. The molecule has 2 heterocycles.